The number of ketones is 2. The number of pyridine rings is 1. The first-order valence-electron chi connectivity index (χ1n) is 14.1. The predicted molar refractivity (Wildman–Crippen MR) is 154 cm³/mol. The molecular formula is C31H31N7O4. The van der Waals surface area contributed by atoms with Gasteiger partial charge >= 0.3 is 0 Å². The minimum atomic E-state index is -1.68. The van der Waals surface area contributed by atoms with Crippen molar-refractivity contribution in [2.24, 2.45) is 5.92 Å². The van der Waals surface area contributed by atoms with Crippen LogP contribution >= 0.6 is 0 Å². The van der Waals surface area contributed by atoms with E-state index in [9.17, 15) is 19.8 Å². The van der Waals surface area contributed by atoms with E-state index >= 15 is 0 Å². The zero-order chi connectivity index (χ0) is 29.4. The number of aliphatic hydroxyl groups excluding tert-OH is 2. The lowest BCUT2D eigenvalue weighted by molar-refractivity contribution is -0.153. The summed E-state index contributed by atoms with van der Waals surface area (Å²) < 4.78 is 3.66. The van der Waals surface area contributed by atoms with Gasteiger partial charge < -0.3 is 14.8 Å². The molecule has 11 nitrogen and oxygen atoms in total. The number of carbonyl (C=O) groups excluding carboxylic acids is 2. The van der Waals surface area contributed by atoms with Crippen LogP contribution in [0, 0.1) is 12.8 Å². The molecule has 5 aromatic rings. The van der Waals surface area contributed by atoms with Gasteiger partial charge in [0.15, 0.2) is 11.5 Å². The Morgan fingerprint density at radius 3 is 2.50 bits per heavy atom. The number of imidazole rings is 1. The maximum Gasteiger partial charge on any atom is 0.229 e. The summed E-state index contributed by atoms with van der Waals surface area (Å²) in [5.41, 5.74) is 6.68. The van der Waals surface area contributed by atoms with Crippen molar-refractivity contribution in [2.45, 2.75) is 58.4 Å². The Balaban J connectivity index is 1.28. The third-order valence-corrected chi connectivity index (χ3v) is 7.86. The molecule has 1 saturated carbocycles. The quantitative estimate of drug-likeness (QED) is 0.271. The number of hydrogen-bond acceptors (Lipinski definition) is 9. The van der Waals surface area contributed by atoms with Crippen molar-refractivity contribution in [2.75, 3.05) is 0 Å². The molecular weight excluding hydrogens is 534 g/mol. The molecule has 0 radical (unpaired) electrons. The first-order chi connectivity index (χ1) is 20.4. The summed E-state index contributed by atoms with van der Waals surface area (Å²) in [6, 6.07) is 18.0. The van der Waals surface area contributed by atoms with Crippen LogP contribution in [0.15, 0.2) is 60.8 Å². The van der Waals surface area contributed by atoms with E-state index in [-0.39, 0.29) is 13.0 Å². The summed E-state index contributed by atoms with van der Waals surface area (Å²) in [4.78, 5) is 34.1. The number of fused-ring (bicyclic) bond motifs is 1. The Morgan fingerprint density at radius 1 is 0.976 bits per heavy atom. The lowest BCUT2D eigenvalue weighted by atomic mass is 9.83. The predicted octanol–water partition coefficient (Wildman–Crippen LogP) is 2.94. The van der Waals surface area contributed by atoms with E-state index in [0.29, 0.717) is 12.4 Å². The van der Waals surface area contributed by atoms with Gasteiger partial charge in [0.05, 0.1) is 19.2 Å². The average Bonchev–Trinajstić information content (AvgIpc) is 3.60. The van der Waals surface area contributed by atoms with Crippen molar-refractivity contribution in [1.29, 1.82) is 0 Å². The van der Waals surface area contributed by atoms with Crippen LogP contribution in [0.1, 0.15) is 36.7 Å². The van der Waals surface area contributed by atoms with Gasteiger partial charge in [0.2, 0.25) is 11.6 Å². The van der Waals surface area contributed by atoms with Gasteiger partial charge in [-0.05, 0) is 58.5 Å². The van der Waals surface area contributed by atoms with E-state index < -0.39 is 29.7 Å². The minimum absolute atomic E-state index is 0.0103. The monoisotopic (exact) mass is 565 g/mol. The fraction of sp³-hybridized carbons (Fsp3) is 0.323. The molecule has 214 valence electrons. The number of rotatable bonds is 8. The number of tetrazole rings is 1. The zero-order valence-electron chi connectivity index (χ0n) is 23.4. The number of aromatic nitrogens is 7. The van der Waals surface area contributed by atoms with Crippen molar-refractivity contribution in [3.63, 3.8) is 0 Å². The third kappa shape index (κ3) is 5.01. The van der Waals surface area contributed by atoms with Crippen molar-refractivity contribution < 1.29 is 19.8 Å². The zero-order valence-corrected chi connectivity index (χ0v) is 23.4. The van der Waals surface area contributed by atoms with E-state index in [4.69, 9.17) is 4.98 Å². The number of aryl methyl sites for hydroxylation is 2. The summed E-state index contributed by atoms with van der Waals surface area (Å²) in [6.45, 7) is 4.86. The molecule has 6 rings (SSSR count). The highest BCUT2D eigenvalue weighted by atomic mass is 16.3. The summed E-state index contributed by atoms with van der Waals surface area (Å²) in [7, 11) is 0. The molecule has 3 atom stereocenters. The largest absolute Gasteiger partial charge is 0.390 e. The number of aliphatic hydroxyl groups is 2. The fourth-order valence-electron chi connectivity index (χ4n) is 5.60. The van der Waals surface area contributed by atoms with Crippen LogP contribution in [0.2, 0.25) is 0 Å². The maximum atomic E-state index is 12.5. The Hall–Kier alpha value is -4.61. The van der Waals surface area contributed by atoms with E-state index in [1.807, 2.05) is 36.5 Å². The van der Waals surface area contributed by atoms with E-state index in [1.165, 1.54) is 4.68 Å². The van der Waals surface area contributed by atoms with Crippen LogP contribution in [0.4, 0.5) is 0 Å². The SMILES string of the molecule is CCCc1nc2c(C)ccnc2n1Cc1ccc(-c2ccccc2-c2nnnn2CC2C[C@@H](O)[C@@H](O)C(=O)C2=O)cc1. The van der Waals surface area contributed by atoms with Gasteiger partial charge in [-0.2, -0.15) is 0 Å². The molecule has 0 spiro atoms. The topological polar surface area (TPSA) is 149 Å². The number of carbonyl (C=O) groups is 2. The molecule has 1 unspecified atom stereocenters. The van der Waals surface area contributed by atoms with E-state index in [0.717, 1.165) is 57.6 Å². The second-order valence-electron chi connectivity index (χ2n) is 10.8. The molecule has 2 N–H and O–H groups in total. The Labute approximate surface area is 241 Å². The summed E-state index contributed by atoms with van der Waals surface area (Å²) >= 11 is 0. The molecule has 0 saturated heterocycles. The highest BCUT2D eigenvalue weighted by molar-refractivity contribution is 6.40. The van der Waals surface area contributed by atoms with Crippen molar-refractivity contribution >= 4 is 22.7 Å². The normalized spacial score (nSPS) is 19.1. The Morgan fingerprint density at radius 2 is 1.74 bits per heavy atom. The van der Waals surface area contributed by atoms with Gasteiger partial charge in [0, 0.05) is 24.1 Å². The highest BCUT2D eigenvalue weighted by Crippen LogP contribution is 2.32. The van der Waals surface area contributed by atoms with Crippen molar-refractivity contribution in [3.8, 4) is 22.5 Å². The van der Waals surface area contributed by atoms with Gasteiger partial charge in [-0.1, -0.05) is 55.5 Å². The summed E-state index contributed by atoms with van der Waals surface area (Å²) in [5, 5.41) is 31.9. The van der Waals surface area contributed by atoms with Gasteiger partial charge in [-0.15, -0.1) is 5.10 Å². The molecule has 2 aromatic carbocycles. The maximum absolute atomic E-state index is 12.5. The van der Waals surface area contributed by atoms with Gasteiger partial charge in [0.1, 0.15) is 17.4 Å². The number of nitrogens with zero attached hydrogens (tertiary/aromatic N) is 7. The molecule has 0 bridgehead atoms. The standard InChI is InChI=1S/C31H31N7O4/c1-3-6-25-33-26-18(2)13-14-32-31(26)37(25)16-19-9-11-20(12-10-19)22-7-4-5-8-23(22)30-34-35-36-38(30)17-21-15-24(39)28(41)29(42)27(21)40/h4-5,7-14,21,24,28,39,41H,3,6,15-17H2,1-2H3/t21?,24-,28-/m1/s1. The Bertz CT molecular complexity index is 1780. The summed E-state index contributed by atoms with van der Waals surface area (Å²) in [6.07, 6.45) is 0.657. The third-order valence-electron chi connectivity index (χ3n) is 7.86. The van der Waals surface area contributed by atoms with Crippen molar-refractivity contribution in [1.82, 2.24) is 34.7 Å². The lowest BCUT2D eigenvalue weighted by Gasteiger charge is -2.27. The molecule has 3 heterocycles. The van der Waals surface area contributed by atoms with Crippen LogP contribution in [0.5, 0.6) is 0 Å². The van der Waals surface area contributed by atoms with E-state index in [1.54, 1.807) is 0 Å². The average molecular weight is 566 g/mol. The smallest absolute Gasteiger partial charge is 0.229 e. The van der Waals surface area contributed by atoms with Crippen LogP contribution in [-0.4, -0.2) is 68.7 Å². The highest BCUT2D eigenvalue weighted by Gasteiger charge is 2.42. The van der Waals surface area contributed by atoms with Crippen LogP contribution in [0.3, 0.4) is 0 Å². The molecule has 42 heavy (non-hydrogen) atoms. The second-order valence-corrected chi connectivity index (χ2v) is 10.8. The van der Waals surface area contributed by atoms with Gasteiger partial charge in [-0.25, -0.2) is 14.6 Å². The molecule has 1 fully saturated rings. The fourth-order valence-corrected chi connectivity index (χ4v) is 5.60. The van der Waals surface area contributed by atoms with Gasteiger partial charge in [0.25, 0.3) is 0 Å². The number of hydrogen-bond donors (Lipinski definition) is 2. The van der Waals surface area contributed by atoms with Crippen molar-refractivity contribution in [3.05, 3.63) is 77.7 Å². The number of Topliss-reactive ketones (excluding diaryl/α,β-unsaturated/α-hetero) is 2. The molecule has 1 aliphatic carbocycles. The van der Waals surface area contributed by atoms with Crippen LogP contribution < -0.4 is 0 Å². The Kier molecular flexibility index (Phi) is 7.44. The second kappa shape index (κ2) is 11.3. The molecule has 11 heteroatoms. The molecule has 0 aliphatic heterocycles. The van der Waals surface area contributed by atoms with Crippen LogP contribution in [0.25, 0.3) is 33.7 Å². The minimum Gasteiger partial charge on any atom is -0.390 e. The lowest BCUT2D eigenvalue weighted by Crippen LogP contribution is -2.49. The first-order valence-corrected chi connectivity index (χ1v) is 14.1. The molecule has 3 aromatic heterocycles. The number of benzene rings is 2. The summed E-state index contributed by atoms with van der Waals surface area (Å²) in [5.74, 6) is -1.08. The molecule has 1 aliphatic rings. The van der Waals surface area contributed by atoms with Crippen LogP contribution in [-0.2, 0) is 29.1 Å². The van der Waals surface area contributed by atoms with Gasteiger partial charge in [-0.3, -0.25) is 9.59 Å². The molecule has 0 amide bonds. The first kappa shape index (κ1) is 27.6. The van der Waals surface area contributed by atoms with E-state index in [2.05, 4.69) is 63.2 Å².